The highest BCUT2D eigenvalue weighted by molar-refractivity contribution is 7.12. The summed E-state index contributed by atoms with van der Waals surface area (Å²) in [6.45, 7) is 2.01. The van der Waals surface area contributed by atoms with Crippen LogP contribution >= 0.6 is 11.3 Å². The summed E-state index contributed by atoms with van der Waals surface area (Å²) in [7, 11) is 0. The van der Waals surface area contributed by atoms with E-state index in [4.69, 9.17) is 10.2 Å². The molecule has 86 valence electrons. The molecule has 2 N–H and O–H groups in total. The summed E-state index contributed by atoms with van der Waals surface area (Å²) in [6.07, 6.45) is 1.88. The van der Waals surface area contributed by atoms with Crippen LogP contribution < -0.4 is 0 Å². The summed E-state index contributed by atoms with van der Waals surface area (Å²) in [5.74, 6) is 4.66. The van der Waals surface area contributed by atoms with Gasteiger partial charge in [0.15, 0.2) is 10.7 Å². The molecule has 0 fully saturated rings. The molecule has 0 radical (unpaired) electrons. The number of aryl methyl sites for hydroxylation is 1. The van der Waals surface area contributed by atoms with Gasteiger partial charge in [-0.1, -0.05) is 12.8 Å². The van der Waals surface area contributed by atoms with Crippen LogP contribution in [0.15, 0.2) is 0 Å². The summed E-state index contributed by atoms with van der Waals surface area (Å²) < 4.78 is 0. The minimum atomic E-state index is -1.00. The van der Waals surface area contributed by atoms with E-state index in [2.05, 4.69) is 16.8 Å². The molecular formula is C11H13NO3S. The van der Waals surface area contributed by atoms with E-state index < -0.39 is 5.97 Å². The number of carboxylic acid groups (broad SMARTS) is 1. The minimum absolute atomic E-state index is 0.110. The number of carbonyl (C=O) groups is 1. The lowest BCUT2D eigenvalue weighted by Crippen LogP contribution is -1.99. The third-order valence-electron chi connectivity index (χ3n) is 1.88. The van der Waals surface area contributed by atoms with Crippen LogP contribution in [0.5, 0.6) is 0 Å². The Morgan fingerprint density at radius 2 is 2.31 bits per heavy atom. The maximum absolute atomic E-state index is 10.8. The van der Waals surface area contributed by atoms with E-state index in [1.165, 1.54) is 11.3 Å². The number of aliphatic hydroxyl groups excluding tert-OH is 1. The zero-order valence-electron chi connectivity index (χ0n) is 8.99. The van der Waals surface area contributed by atoms with Crippen molar-refractivity contribution < 1.29 is 15.0 Å². The van der Waals surface area contributed by atoms with Gasteiger partial charge < -0.3 is 10.2 Å². The number of rotatable bonds is 4. The maximum Gasteiger partial charge on any atom is 0.355 e. The average molecular weight is 239 g/mol. The molecule has 0 aliphatic carbocycles. The predicted molar refractivity (Wildman–Crippen MR) is 61.6 cm³/mol. The summed E-state index contributed by atoms with van der Waals surface area (Å²) in [5, 5.41) is 18.0. The van der Waals surface area contributed by atoms with Gasteiger partial charge in [0.25, 0.3) is 0 Å². The Balaban J connectivity index is 2.81. The third-order valence-corrected chi connectivity index (χ3v) is 2.99. The van der Waals surface area contributed by atoms with Crippen molar-refractivity contribution in [2.45, 2.75) is 26.2 Å². The first-order valence-electron chi connectivity index (χ1n) is 5.01. The number of hydrogen-bond acceptors (Lipinski definition) is 4. The van der Waals surface area contributed by atoms with Crippen molar-refractivity contribution in [3.63, 3.8) is 0 Å². The molecule has 0 spiro atoms. The number of aromatic carboxylic acids is 1. The van der Waals surface area contributed by atoms with Crippen LogP contribution in [0, 0.1) is 11.8 Å². The van der Waals surface area contributed by atoms with Crippen molar-refractivity contribution in [3.8, 4) is 11.8 Å². The van der Waals surface area contributed by atoms with E-state index >= 15 is 0 Å². The molecule has 0 unspecified atom stereocenters. The second-order valence-corrected chi connectivity index (χ2v) is 4.16. The van der Waals surface area contributed by atoms with E-state index in [9.17, 15) is 4.79 Å². The Bertz CT molecular complexity index is 428. The zero-order chi connectivity index (χ0) is 12.0. The number of aliphatic hydroxyl groups is 1. The molecule has 0 aliphatic rings. The smallest absolute Gasteiger partial charge is 0.355 e. The van der Waals surface area contributed by atoms with Crippen LogP contribution in [-0.4, -0.2) is 27.8 Å². The first kappa shape index (κ1) is 12.7. The lowest BCUT2D eigenvalue weighted by molar-refractivity contribution is 0.0690. The van der Waals surface area contributed by atoms with Crippen molar-refractivity contribution >= 4 is 17.3 Å². The number of thiazole rings is 1. The van der Waals surface area contributed by atoms with Crippen LogP contribution in [0.1, 0.15) is 40.1 Å². The van der Waals surface area contributed by atoms with Crippen LogP contribution in [0.4, 0.5) is 0 Å². The van der Waals surface area contributed by atoms with Crippen LogP contribution in [0.25, 0.3) is 0 Å². The Morgan fingerprint density at radius 3 is 2.81 bits per heavy atom. The van der Waals surface area contributed by atoms with Crippen molar-refractivity contribution in [1.82, 2.24) is 4.98 Å². The first-order valence-corrected chi connectivity index (χ1v) is 5.83. The van der Waals surface area contributed by atoms with E-state index in [0.717, 1.165) is 4.88 Å². The van der Waals surface area contributed by atoms with Crippen LogP contribution in [-0.2, 0) is 6.42 Å². The van der Waals surface area contributed by atoms with Gasteiger partial charge in [0.05, 0.1) is 0 Å². The molecule has 1 rings (SSSR count). The molecule has 5 heteroatoms. The average Bonchev–Trinajstić information content (AvgIpc) is 2.68. The Kier molecular flexibility index (Phi) is 4.96. The van der Waals surface area contributed by atoms with Gasteiger partial charge in [0.1, 0.15) is 0 Å². The molecule has 1 aromatic heterocycles. The largest absolute Gasteiger partial charge is 0.476 e. The molecule has 0 saturated carbocycles. The van der Waals surface area contributed by atoms with Gasteiger partial charge >= 0.3 is 5.97 Å². The van der Waals surface area contributed by atoms with Gasteiger partial charge in [-0.2, -0.15) is 0 Å². The molecular weight excluding hydrogens is 226 g/mol. The fourth-order valence-corrected chi connectivity index (χ4v) is 1.98. The Hall–Kier alpha value is -1.38. The molecule has 1 aromatic rings. The molecule has 0 aromatic carbocycles. The zero-order valence-corrected chi connectivity index (χ0v) is 9.80. The Morgan fingerprint density at radius 1 is 1.56 bits per heavy atom. The number of hydrogen-bond donors (Lipinski definition) is 2. The highest BCUT2D eigenvalue weighted by Gasteiger charge is 2.14. The van der Waals surface area contributed by atoms with Crippen molar-refractivity contribution in [3.05, 3.63) is 15.6 Å². The first-order chi connectivity index (χ1) is 7.69. The summed E-state index contributed by atoms with van der Waals surface area (Å²) >= 11 is 1.32. The van der Waals surface area contributed by atoms with Gasteiger partial charge in [-0.25, -0.2) is 9.78 Å². The van der Waals surface area contributed by atoms with E-state index in [1.807, 2.05) is 6.92 Å². The number of aromatic nitrogens is 1. The second-order valence-electron chi connectivity index (χ2n) is 3.08. The monoisotopic (exact) mass is 239 g/mol. The molecule has 0 saturated heterocycles. The highest BCUT2D eigenvalue weighted by atomic mass is 32.1. The van der Waals surface area contributed by atoms with Gasteiger partial charge in [-0.05, 0) is 18.8 Å². The van der Waals surface area contributed by atoms with Gasteiger partial charge in [-0.15, -0.1) is 11.3 Å². The van der Waals surface area contributed by atoms with Crippen LogP contribution in [0.3, 0.4) is 0 Å². The SMILES string of the molecule is CCc1sc(C#CCCCO)nc1C(=O)O. The highest BCUT2D eigenvalue weighted by Crippen LogP contribution is 2.18. The molecule has 0 bridgehead atoms. The quantitative estimate of drug-likeness (QED) is 0.617. The van der Waals surface area contributed by atoms with Crippen LogP contribution in [0.2, 0.25) is 0 Å². The molecule has 16 heavy (non-hydrogen) atoms. The van der Waals surface area contributed by atoms with E-state index in [0.29, 0.717) is 24.3 Å². The van der Waals surface area contributed by atoms with Gasteiger partial charge in [-0.3, -0.25) is 0 Å². The standard InChI is InChI=1S/C11H13NO3S/c1-2-8-10(11(14)15)12-9(16-8)6-4-3-5-7-13/h13H,2-3,5,7H2,1H3,(H,14,15). The summed E-state index contributed by atoms with van der Waals surface area (Å²) in [5.41, 5.74) is 0.110. The summed E-state index contributed by atoms with van der Waals surface area (Å²) in [6, 6.07) is 0. The van der Waals surface area contributed by atoms with E-state index in [1.54, 1.807) is 0 Å². The molecule has 0 aliphatic heterocycles. The van der Waals surface area contributed by atoms with Gasteiger partial charge in [0, 0.05) is 17.9 Å². The van der Waals surface area contributed by atoms with Crippen molar-refractivity contribution in [1.29, 1.82) is 0 Å². The second kappa shape index (κ2) is 6.26. The Labute approximate surface area is 98.0 Å². The predicted octanol–water partition coefficient (Wildman–Crippen LogP) is 1.53. The maximum atomic E-state index is 10.8. The lowest BCUT2D eigenvalue weighted by Gasteiger charge is -1.89. The van der Waals surface area contributed by atoms with Gasteiger partial charge in [0.2, 0.25) is 0 Å². The topological polar surface area (TPSA) is 70.4 Å². The lowest BCUT2D eigenvalue weighted by atomic mass is 10.3. The minimum Gasteiger partial charge on any atom is -0.476 e. The molecule has 0 atom stereocenters. The summed E-state index contributed by atoms with van der Waals surface area (Å²) in [4.78, 5) is 15.5. The number of nitrogens with zero attached hydrogens (tertiary/aromatic N) is 1. The number of carboxylic acids is 1. The normalized spacial score (nSPS) is 9.62. The number of unbranched alkanes of at least 4 members (excludes halogenated alkanes) is 1. The fraction of sp³-hybridized carbons (Fsp3) is 0.455. The van der Waals surface area contributed by atoms with Crippen molar-refractivity contribution in [2.24, 2.45) is 0 Å². The third kappa shape index (κ3) is 3.33. The molecule has 0 amide bonds. The van der Waals surface area contributed by atoms with E-state index in [-0.39, 0.29) is 12.3 Å². The molecule has 4 nitrogen and oxygen atoms in total. The van der Waals surface area contributed by atoms with Crippen molar-refractivity contribution in [2.75, 3.05) is 6.61 Å². The molecule has 1 heterocycles. The fourth-order valence-electron chi connectivity index (χ4n) is 1.12.